The van der Waals surface area contributed by atoms with Crippen molar-refractivity contribution >= 4 is 23.4 Å². The number of carbonyl (C=O) groups excluding carboxylic acids is 2. The van der Waals surface area contributed by atoms with Crippen molar-refractivity contribution in [3.05, 3.63) is 48.5 Å². The van der Waals surface area contributed by atoms with Crippen LogP contribution < -0.4 is 30.7 Å². The van der Waals surface area contributed by atoms with Crippen molar-refractivity contribution < 1.29 is 63.9 Å². The highest BCUT2D eigenvalue weighted by Gasteiger charge is 2.50. The molecule has 0 spiro atoms. The van der Waals surface area contributed by atoms with Gasteiger partial charge >= 0.3 is 12.1 Å². The Morgan fingerprint density at radius 3 is 1.24 bits per heavy atom. The molecule has 0 aromatic heterocycles. The molecule has 4 amide bonds. The Labute approximate surface area is 346 Å². The molecular formula is C42H66N4O13. The molecule has 59 heavy (non-hydrogen) atoms. The average Bonchev–Trinajstić information content (AvgIpc) is 3.23. The number of anilines is 2. The van der Waals surface area contributed by atoms with Gasteiger partial charge < -0.3 is 75.6 Å². The number of hydrogen-bond acceptors (Lipinski definition) is 13. The van der Waals surface area contributed by atoms with Crippen LogP contribution in [-0.4, -0.2) is 130 Å². The van der Waals surface area contributed by atoms with Crippen LogP contribution in [-0.2, 0) is 14.2 Å². The second kappa shape index (κ2) is 25.8. The summed E-state index contributed by atoms with van der Waals surface area (Å²) in [6.45, 7) is 4.91. The second-order valence-corrected chi connectivity index (χ2v) is 15.1. The number of urea groups is 2. The lowest BCUT2D eigenvalue weighted by atomic mass is 9.98. The standard InChI is InChI=1S/C42H66N4O13/c1-3-5-7-9-11-13-23-43-41(53)45-27-15-19-29(20-16-27)55-25-31-33(47)35(49)37(51)39(57-31)59-40-38(52)36(50)34(48)32(58-40)26-56-30-21-17-28(18-22-30)46-42(54)44-24-14-12-10-8-6-4-2/h15-22,31-40,47-52H,3-14,23-26H2,1-2H3,(H2,43,45,53)(H2,44,46,54)/t31-,32-,33-,34-,35+,36+,37-,38-,39-,40-/m1/s1. The molecule has 2 aromatic carbocycles. The van der Waals surface area contributed by atoms with E-state index in [0.717, 1.165) is 38.5 Å². The smallest absolute Gasteiger partial charge is 0.319 e. The van der Waals surface area contributed by atoms with Gasteiger partial charge in [0.2, 0.25) is 0 Å². The minimum absolute atomic E-state index is 0.291. The quantitative estimate of drug-likeness (QED) is 0.0678. The van der Waals surface area contributed by atoms with E-state index in [1.165, 1.54) is 38.5 Å². The Kier molecular flexibility index (Phi) is 20.9. The first kappa shape index (κ1) is 47.9. The molecule has 332 valence electrons. The summed E-state index contributed by atoms with van der Waals surface area (Å²) in [6.07, 6.45) is -2.55. The third-order valence-electron chi connectivity index (χ3n) is 10.3. The fourth-order valence-corrected chi connectivity index (χ4v) is 6.66. The maximum atomic E-state index is 12.3. The van der Waals surface area contributed by atoms with Gasteiger partial charge in [-0.2, -0.15) is 0 Å². The number of benzene rings is 2. The summed E-state index contributed by atoms with van der Waals surface area (Å²) < 4.78 is 28.7. The molecule has 0 saturated carbocycles. The van der Waals surface area contributed by atoms with E-state index in [0.29, 0.717) is 36.0 Å². The molecule has 2 aliphatic rings. The molecule has 2 fully saturated rings. The maximum absolute atomic E-state index is 12.3. The zero-order valence-corrected chi connectivity index (χ0v) is 34.2. The van der Waals surface area contributed by atoms with Crippen molar-refractivity contribution in [2.75, 3.05) is 36.9 Å². The Hall–Kier alpha value is -3.78. The number of aliphatic hydroxyl groups excluding tert-OH is 6. The Bertz CT molecular complexity index is 1380. The molecule has 10 atom stereocenters. The number of aliphatic hydroxyl groups is 6. The van der Waals surface area contributed by atoms with E-state index < -0.39 is 61.4 Å². The van der Waals surface area contributed by atoms with Crippen molar-refractivity contribution in [1.29, 1.82) is 0 Å². The van der Waals surface area contributed by atoms with Gasteiger partial charge in [0.05, 0.1) is 0 Å². The highest BCUT2D eigenvalue weighted by Crippen LogP contribution is 2.29. The molecule has 0 aliphatic carbocycles. The maximum Gasteiger partial charge on any atom is 0.319 e. The van der Waals surface area contributed by atoms with Crippen molar-refractivity contribution in [2.45, 2.75) is 152 Å². The van der Waals surface area contributed by atoms with Gasteiger partial charge in [0, 0.05) is 24.5 Å². The SMILES string of the molecule is CCCCCCCCNC(=O)Nc1ccc(OC[C@H]2O[C@H](O[C@H]3O[C@H](COc4ccc(NC(=O)NCCCCCCCC)cc4)[C@@H](O)[C@H](O)[C@H]3O)[C@H](O)[C@@H](O)[C@@H]2O)cc1. The second-order valence-electron chi connectivity index (χ2n) is 15.1. The lowest BCUT2D eigenvalue weighted by molar-refractivity contribution is -0.375. The number of nitrogens with one attached hydrogen (secondary N) is 4. The van der Waals surface area contributed by atoms with Crippen LogP contribution in [0.2, 0.25) is 0 Å². The van der Waals surface area contributed by atoms with Gasteiger partial charge in [-0.05, 0) is 61.4 Å². The van der Waals surface area contributed by atoms with E-state index in [1.54, 1.807) is 48.5 Å². The molecule has 4 rings (SSSR count). The first-order chi connectivity index (χ1) is 28.5. The first-order valence-corrected chi connectivity index (χ1v) is 21.1. The van der Waals surface area contributed by atoms with Gasteiger partial charge in [0.1, 0.15) is 73.5 Å². The Morgan fingerprint density at radius 1 is 0.508 bits per heavy atom. The summed E-state index contributed by atoms with van der Waals surface area (Å²) in [5, 5.41) is 75.2. The molecule has 2 saturated heterocycles. The van der Waals surface area contributed by atoms with E-state index in [-0.39, 0.29) is 25.3 Å². The molecule has 2 aromatic rings. The average molecular weight is 835 g/mol. The highest BCUT2D eigenvalue weighted by atomic mass is 16.8. The number of ether oxygens (including phenoxy) is 5. The summed E-state index contributed by atoms with van der Waals surface area (Å²) in [6, 6.07) is 12.3. The van der Waals surface area contributed by atoms with Gasteiger partial charge in [-0.1, -0.05) is 78.1 Å². The van der Waals surface area contributed by atoms with E-state index in [9.17, 15) is 40.2 Å². The van der Waals surface area contributed by atoms with Crippen molar-refractivity contribution in [2.24, 2.45) is 0 Å². The molecule has 0 unspecified atom stereocenters. The number of carbonyl (C=O) groups is 2. The van der Waals surface area contributed by atoms with Gasteiger partial charge in [-0.15, -0.1) is 0 Å². The number of rotatable bonds is 24. The molecular weight excluding hydrogens is 768 g/mol. The van der Waals surface area contributed by atoms with Crippen LogP contribution in [0.15, 0.2) is 48.5 Å². The number of hydrogen-bond donors (Lipinski definition) is 10. The van der Waals surface area contributed by atoms with Crippen molar-refractivity contribution in [3.8, 4) is 11.5 Å². The van der Waals surface area contributed by atoms with E-state index in [1.807, 2.05) is 0 Å². The topological polar surface area (TPSA) is 250 Å². The zero-order chi connectivity index (χ0) is 42.6. The normalized spacial score (nSPS) is 26.8. The molecule has 10 N–H and O–H groups in total. The van der Waals surface area contributed by atoms with Crippen LogP contribution in [0.1, 0.15) is 90.9 Å². The Morgan fingerprint density at radius 2 is 0.864 bits per heavy atom. The van der Waals surface area contributed by atoms with Gasteiger partial charge in [-0.3, -0.25) is 0 Å². The summed E-state index contributed by atoms with van der Waals surface area (Å²) >= 11 is 0. The fourth-order valence-electron chi connectivity index (χ4n) is 6.66. The van der Waals surface area contributed by atoms with Gasteiger partial charge in [0.15, 0.2) is 12.6 Å². The van der Waals surface area contributed by atoms with Crippen molar-refractivity contribution in [1.82, 2.24) is 10.6 Å². The van der Waals surface area contributed by atoms with Crippen LogP contribution in [0.3, 0.4) is 0 Å². The minimum Gasteiger partial charge on any atom is -0.491 e. The van der Waals surface area contributed by atoms with Crippen molar-refractivity contribution in [3.63, 3.8) is 0 Å². The van der Waals surface area contributed by atoms with E-state index in [4.69, 9.17) is 23.7 Å². The molecule has 0 bridgehead atoms. The van der Waals surface area contributed by atoms with Crippen LogP contribution in [0.4, 0.5) is 21.0 Å². The van der Waals surface area contributed by atoms with Crippen LogP contribution in [0, 0.1) is 0 Å². The molecule has 17 heteroatoms. The molecule has 2 aliphatic heterocycles. The van der Waals surface area contributed by atoms with E-state index in [2.05, 4.69) is 35.1 Å². The summed E-state index contributed by atoms with van der Waals surface area (Å²) in [5.41, 5.74) is 1.07. The summed E-state index contributed by atoms with van der Waals surface area (Å²) in [5.74, 6) is 0.719. The lowest BCUT2D eigenvalue weighted by Crippen LogP contribution is -2.64. The van der Waals surface area contributed by atoms with Gasteiger partial charge in [-0.25, -0.2) is 9.59 Å². The van der Waals surface area contributed by atoms with Gasteiger partial charge in [0.25, 0.3) is 0 Å². The zero-order valence-electron chi connectivity index (χ0n) is 34.2. The number of unbranched alkanes of at least 4 members (excludes halogenated alkanes) is 10. The lowest BCUT2D eigenvalue weighted by Gasteiger charge is -2.44. The molecule has 0 radical (unpaired) electrons. The predicted molar refractivity (Wildman–Crippen MR) is 219 cm³/mol. The van der Waals surface area contributed by atoms with Crippen LogP contribution in [0.5, 0.6) is 11.5 Å². The third-order valence-corrected chi connectivity index (χ3v) is 10.3. The number of amides is 4. The molecule has 17 nitrogen and oxygen atoms in total. The van der Waals surface area contributed by atoms with Crippen LogP contribution >= 0.6 is 0 Å². The predicted octanol–water partition coefficient (Wildman–Crippen LogP) is 3.74. The monoisotopic (exact) mass is 834 g/mol. The third kappa shape index (κ3) is 16.0. The minimum atomic E-state index is -1.79. The fraction of sp³-hybridized carbons (Fsp3) is 0.667. The first-order valence-electron chi connectivity index (χ1n) is 21.1. The summed E-state index contributed by atoms with van der Waals surface area (Å²) in [7, 11) is 0. The Balaban J connectivity index is 1.22. The van der Waals surface area contributed by atoms with Crippen LogP contribution in [0.25, 0.3) is 0 Å². The highest BCUT2D eigenvalue weighted by molar-refractivity contribution is 5.89. The molecule has 2 heterocycles. The van der Waals surface area contributed by atoms with E-state index >= 15 is 0 Å². The summed E-state index contributed by atoms with van der Waals surface area (Å²) in [4.78, 5) is 24.5. The largest absolute Gasteiger partial charge is 0.491 e.